The Kier molecular flexibility index (Phi) is 13.2. The molecular formula is C48H71N3O6. The summed E-state index contributed by atoms with van der Waals surface area (Å²) in [4.78, 5) is 44.0. The highest BCUT2D eigenvalue weighted by molar-refractivity contribution is 5.97. The normalized spacial score (nSPS) is 13.0. The molecule has 57 heavy (non-hydrogen) atoms. The lowest BCUT2D eigenvalue weighted by Gasteiger charge is -2.31. The van der Waals surface area contributed by atoms with E-state index >= 15 is 0 Å². The van der Waals surface area contributed by atoms with Gasteiger partial charge in [-0.15, -0.1) is 0 Å². The number of nitrogens with zero attached hydrogens (tertiary/aromatic N) is 2. The van der Waals surface area contributed by atoms with Crippen molar-refractivity contribution in [1.82, 2.24) is 15.1 Å². The van der Waals surface area contributed by atoms with Crippen LogP contribution in [0.3, 0.4) is 0 Å². The van der Waals surface area contributed by atoms with E-state index in [4.69, 9.17) is 0 Å². The second-order valence-corrected chi connectivity index (χ2v) is 21.9. The zero-order valence-corrected chi connectivity index (χ0v) is 38.1. The average molecular weight is 786 g/mol. The summed E-state index contributed by atoms with van der Waals surface area (Å²) < 4.78 is 0. The molecule has 0 atom stereocenters. The van der Waals surface area contributed by atoms with Crippen molar-refractivity contribution < 1.29 is 29.7 Å². The minimum absolute atomic E-state index is 0.0497. The maximum Gasteiger partial charge on any atom is 0.335 e. The smallest absolute Gasteiger partial charge is 0.335 e. The first-order valence-electron chi connectivity index (χ1n) is 20.0. The highest BCUT2D eigenvalue weighted by Gasteiger charge is 2.33. The molecule has 4 N–H and O–H groups in total. The number of hydrogen-bond acceptors (Lipinski definition) is 6. The van der Waals surface area contributed by atoms with Crippen LogP contribution in [-0.4, -0.2) is 43.6 Å². The number of phenolic OH excluding ortho intramolecular Hbond substituents is 3. The Balaban J connectivity index is 2.21. The maximum atomic E-state index is 14.6. The topological polar surface area (TPSA) is 130 Å². The second kappa shape index (κ2) is 16.0. The van der Waals surface area contributed by atoms with Crippen LogP contribution in [0.25, 0.3) is 0 Å². The summed E-state index contributed by atoms with van der Waals surface area (Å²) in [5.41, 5.74) is 3.60. The van der Waals surface area contributed by atoms with E-state index < -0.39 is 33.7 Å². The molecule has 3 rings (SSSR count). The van der Waals surface area contributed by atoms with E-state index in [0.29, 0.717) is 39.8 Å². The second-order valence-electron chi connectivity index (χ2n) is 21.9. The van der Waals surface area contributed by atoms with Crippen LogP contribution in [0.1, 0.15) is 175 Å². The third-order valence-corrected chi connectivity index (χ3v) is 10.3. The zero-order chi connectivity index (χ0) is 44.0. The molecule has 314 valence electrons. The van der Waals surface area contributed by atoms with Gasteiger partial charge < -0.3 is 20.6 Å². The van der Waals surface area contributed by atoms with E-state index in [0.717, 1.165) is 26.5 Å². The van der Waals surface area contributed by atoms with Gasteiger partial charge in [0.25, 0.3) is 0 Å². The summed E-state index contributed by atoms with van der Waals surface area (Å²) in [7, 11) is 0. The van der Waals surface area contributed by atoms with E-state index in [9.17, 15) is 29.7 Å². The molecule has 5 amide bonds. The highest BCUT2D eigenvalue weighted by Crippen LogP contribution is 2.43. The Morgan fingerprint density at radius 3 is 1.02 bits per heavy atom. The fourth-order valence-electron chi connectivity index (χ4n) is 6.98. The lowest BCUT2D eigenvalue weighted by Crippen LogP contribution is -2.49. The Morgan fingerprint density at radius 2 is 0.754 bits per heavy atom. The van der Waals surface area contributed by atoms with Gasteiger partial charge in [0, 0.05) is 6.54 Å². The number of nitrogens with one attached hydrogen (secondary N) is 1. The maximum absolute atomic E-state index is 14.6. The summed E-state index contributed by atoms with van der Waals surface area (Å²) in [6.45, 7) is 35.7. The fraction of sp³-hybridized carbons (Fsp3) is 0.562. The summed E-state index contributed by atoms with van der Waals surface area (Å²) in [6.07, 6.45) is 0.437. The average Bonchev–Trinajstić information content (AvgIpc) is 3.03. The molecule has 0 aliphatic carbocycles. The Morgan fingerprint density at radius 1 is 0.491 bits per heavy atom. The molecule has 0 bridgehead atoms. The van der Waals surface area contributed by atoms with Gasteiger partial charge in [0.05, 0.1) is 13.1 Å². The van der Waals surface area contributed by atoms with Crippen LogP contribution in [0.2, 0.25) is 0 Å². The number of carbonyl (C=O) groups is 3. The largest absolute Gasteiger partial charge is 0.507 e. The monoisotopic (exact) mass is 786 g/mol. The van der Waals surface area contributed by atoms with Crippen LogP contribution < -0.4 is 5.32 Å². The Bertz CT molecular complexity index is 1880. The molecule has 3 aromatic carbocycles. The van der Waals surface area contributed by atoms with E-state index in [1.54, 1.807) is 0 Å². The number of phenols is 3. The summed E-state index contributed by atoms with van der Waals surface area (Å²) in [5.74, 6) is 0.571. The Labute approximate surface area is 342 Å². The molecule has 0 fully saturated rings. The van der Waals surface area contributed by atoms with Gasteiger partial charge in [-0.25, -0.2) is 14.5 Å². The van der Waals surface area contributed by atoms with Crippen molar-refractivity contribution in [2.24, 2.45) is 0 Å². The molecule has 0 aromatic heterocycles. The lowest BCUT2D eigenvalue weighted by atomic mass is 9.78. The van der Waals surface area contributed by atoms with Crippen LogP contribution in [0.15, 0.2) is 36.4 Å². The van der Waals surface area contributed by atoms with Gasteiger partial charge >= 0.3 is 12.1 Å². The van der Waals surface area contributed by atoms with Crippen molar-refractivity contribution >= 4 is 18.5 Å². The van der Waals surface area contributed by atoms with Crippen molar-refractivity contribution in [3.8, 4) is 17.2 Å². The standard InChI is InChI=1S/C48H71N3O6/c1-43(2,3)32-19-29(20-33(38(32)53)44(4,5)6)25-49-41(56)51(27-31-23-36(47(13,14)15)40(55)37(24-31)48(16,17)18)42(57)50(28-52)26-30-21-34(45(7,8)9)39(54)35(22-30)46(10,11)12/h19-24,28,53-55H,25-27H2,1-18H3,(H,49,56). The molecule has 0 radical (unpaired) electrons. The number of aromatic hydroxyl groups is 3. The third-order valence-electron chi connectivity index (χ3n) is 10.3. The first-order chi connectivity index (χ1) is 25.6. The molecular weight excluding hydrogens is 715 g/mol. The van der Waals surface area contributed by atoms with Crippen molar-refractivity contribution in [3.05, 3.63) is 86.5 Å². The molecule has 9 heteroatoms. The number of amides is 5. The van der Waals surface area contributed by atoms with E-state index in [1.807, 2.05) is 161 Å². The molecule has 9 nitrogen and oxygen atoms in total. The van der Waals surface area contributed by atoms with Crippen LogP contribution in [0, 0.1) is 0 Å². The van der Waals surface area contributed by atoms with Gasteiger partial charge in [-0.05, 0) is 119 Å². The predicted molar refractivity (Wildman–Crippen MR) is 231 cm³/mol. The molecule has 0 aliphatic rings. The SMILES string of the molecule is CC(C)(C)c1cc(CNC(=O)N(Cc2cc(C(C)(C)C)c(O)c(C(C)(C)C)c2)C(=O)N(C=O)Cc2cc(C(C)(C)C)c(O)c(C(C)(C)C)c2)cc(C(C)(C)C)c1O. The first kappa shape index (κ1) is 46.8. The van der Waals surface area contributed by atoms with E-state index in [1.165, 1.54) is 0 Å². The number of imide groups is 2. The molecule has 0 spiro atoms. The van der Waals surface area contributed by atoms with Gasteiger partial charge in [0.15, 0.2) is 0 Å². The summed E-state index contributed by atoms with van der Waals surface area (Å²) in [5, 5.41) is 37.0. The van der Waals surface area contributed by atoms with Crippen molar-refractivity contribution in [2.75, 3.05) is 0 Å². The molecule has 0 saturated heterocycles. The number of hydrogen-bond donors (Lipinski definition) is 4. The molecule has 0 heterocycles. The third kappa shape index (κ3) is 11.1. The van der Waals surface area contributed by atoms with Crippen LogP contribution in [-0.2, 0) is 56.9 Å². The van der Waals surface area contributed by atoms with Gasteiger partial charge in [0.2, 0.25) is 6.41 Å². The Hall–Kier alpha value is -4.53. The van der Waals surface area contributed by atoms with Gasteiger partial charge in [-0.3, -0.25) is 9.69 Å². The lowest BCUT2D eigenvalue weighted by molar-refractivity contribution is -0.116. The van der Waals surface area contributed by atoms with E-state index in [-0.39, 0.29) is 47.7 Å². The predicted octanol–water partition coefficient (Wildman–Crippen LogP) is 11.1. The summed E-state index contributed by atoms with van der Waals surface area (Å²) in [6, 6.07) is 9.48. The number of urea groups is 2. The van der Waals surface area contributed by atoms with Crippen LogP contribution in [0.4, 0.5) is 9.59 Å². The summed E-state index contributed by atoms with van der Waals surface area (Å²) >= 11 is 0. The highest BCUT2D eigenvalue weighted by atomic mass is 16.3. The van der Waals surface area contributed by atoms with Crippen molar-refractivity contribution in [1.29, 1.82) is 0 Å². The van der Waals surface area contributed by atoms with Crippen molar-refractivity contribution in [3.63, 3.8) is 0 Å². The minimum Gasteiger partial charge on any atom is -0.507 e. The molecule has 0 saturated carbocycles. The molecule has 3 aromatic rings. The van der Waals surface area contributed by atoms with Gasteiger partial charge in [0.1, 0.15) is 17.2 Å². The molecule has 0 unspecified atom stereocenters. The van der Waals surface area contributed by atoms with E-state index in [2.05, 4.69) is 5.32 Å². The number of rotatable bonds is 7. The van der Waals surface area contributed by atoms with Gasteiger partial charge in [-0.1, -0.05) is 125 Å². The fourth-order valence-corrected chi connectivity index (χ4v) is 6.98. The number of benzene rings is 3. The first-order valence-corrected chi connectivity index (χ1v) is 20.0. The van der Waals surface area contributed by atoms with Gasteiger partial charge in [-0.2, -0.15) is 0 Å². The van der Waals surface area contributed by atoms with Crippen LogP contribution >= 0.6 is 0 Å². The quantitative estimate of drug-likeness (QED) is 0.176. The zero-order valence-electron chi connectivity index (χ0n) is 38.1. The molecule has 0 aliphatic heterocycles. The number of carbonyl (C=O) groups excluding carboxylic acids is 3. The minimum atomic E-state index is -0.829. The van der Waals surface area contributed by atoms with Crippen molar-refractivity contribution in [2.45, 2.75) is 177 Å². The van der Waals surface area contributed by atoms with Crippen LogP contribution in [0.5, 0.6) is 17.2 Å².